The third kappa shape index (κ3) is 3.12. The van der Waals surface area contributed by atoms with Gasteiger partial charge in [0.15, 0.2) is 5.72 Å². The molecule has 5 aliphatic rings. The van der Waals surface area contributed by atoms with Crippen molar-refractivity contribution in [2.24, 2.45) is 17.8 Å². The van der Waals surface area contributed by atoms with Crippen molar-refractivity contribution in [1.82, 2.24) is 20.2 Å². The maximum absolute atomic E-state index is 13.5. The molecule has 2 aliphatic heterocycles. The highest BCUT2D eigenvalue weighted by molar-refractivity contribution is 5.98. The van der Waals surface area contributed by atoms with Crippen LogP contribution in [-0.4, -0.2) is 58.6 Å². The van der Waals surface area contributed by atoms with Gasteiger partial charge in [-0.2, -0.15) is 0 Å². The van der Waals surface area contributed by atoms with Crippen molar-refractivity contribution in [2.75, 3.05) is 31.1 Å². The van der Waals surface area contributed by atoms with E-state index in [1.165, 1.54) is 0 Å². The summed E-state index contributed by atoms with van der Waals surface area (Å²) < 4.78 is 6.42. The van der Waals surface area contributed by atoms with Crippen LogP contribution in [0.2, 0.25) is 0 Å². The largest absolute Gasteiger partial charge is 0.467 e. The molecule has 3 heterocycles. The van der Waals surface area contributed by atoms with Gasteiger partial charge >= 0.3 is 0 Å². The van der Waals surface area contributed by atoms with Gasteiger partial charge in [0.2, 0.25) is 11.9 Å². The summed E-state index contributed by atoms with van der Waals surface area (Å²) in [6.07, 6.45) is 6.97. The normalized spacial score (nSPS) is 31.1. The van der Waals surface area contributed by atoms with E-state index >= 15 is 0 Å². The van der Waals surface area contributed by atoms with Crippen LogP contribution in [-0.2, 0) is 4.79 Å². The number of fused-ring (bicyclic) bond motifs is 3. The number of nitrogens with one attached hydrogen (secondary N) is 1. The second kappa shape index (κ2) is 7.46. The van der Waals surface area contributed by atoms with Crippen molar-refractivity contribution in [1.29, 1.82) is 0 Å². The van der Waals surface area contributed by atoms with Crippen LogP contribution >= 0.6 is 0 Å². The number of anilines is 1. The lowest BCUT2D eigenvalue weighted by molar-refractivity contribution is -0.155. The topological polar surface area (TPSA) is 87.7 Å². The number of amides is 2. The third-order valence-corrected chi connectivity index (χ3v) is 7.71. The number of rotatable bonds is 2. The Labute approximate surface area is 187 Å². The van der Waals surface area contributed by atoms with Gasteiger partial charge in [-0.05, 0) is 43.4 Å². The lowest BCUT2D eigenvalue weighted by Crippen LogP contribution is -2.67. The first kappa shape index (κ1) is 19.5. The molecule has 3 aliphatic carbocycles. The van der Waals surface area contributed by atoms with E-state index in [4.69, 9.17) is 4.74 Å². The molecule has 2 amide bonds. The van der Waals surface area contributed by atoms with Crippen molar-refractivity contribution in [3.8, 4) is 5.75 Å². The Morgan fingerprint density at radius 3 is 2.59 bits per heavy atom. The van der Waals surface area contributed by atoms with Crippen LogP contribution in [0, 0.1) is 17.8 Å². The van der Waals surface area contributed by atoms with Crippen LogP contribution in [0.3, 0.4) is 0 Å². The van der Waals surface area contributed by atoms with E-state index < -0.39 is 5.72 Å². The summed E-state index contributed by atoms with van der Waals surface area (Å²) in [6.45, 7) is 2.88. The zero-order valence-electron chi connectivity index (χ0n) is 17.9. The average molecular weight is 434 g/mol. The minimum absolute atomic E-state index is 0.0107. The molecule has 1 saturated heterocycles. The van der Waals surface area contributed by atoms with Gasteiger partial charge in [0.05, 0.1) is 5.56 Å². The third-order valence-electron chi connectivity index (χ3n) is 7.71. The molecule has 2 aromatic rings. The number of hydrogen-bond donors (Lipinski definition) is 1. The molecule has 3 saturated carbocycles. The van der Waals surface area contributed by atoms with Gasteiger partial charge in [-0.1, -0.05) is 12.1 Å². The van der Waals surface area contributed by atoms with E-state index in [0.29, 0.717) is 30.8 Å². The molecule has 2 bridgehead atoms. The smallest absolute Gasteiger partial charge is 0.258 e. The van der Waals surface area contributed by atoms with Crippen molar-refractivity contribution in [3.63, 3.8) is 0 Å². The summed E-state index contributed by atoms with van der Waals surface area (Å²) in [4.78, 5) is 39.0. The monoisotopic (exact) mass is 433 g/mol. The van der Waals surface area contributed by atoms with E-state index in [1.807, 2.05) is 29.2 Å². The molecule has 166 valence electrons. The SMILES string of the molecule is O=C1N[C@@]2(C[C@H]3CC[C@H]2C[C@H]3C(=O)N2CCN(c3ncccn3)CC2)Oc2ccccc21. The quantitative estimate of drug-likeness (QED) is 0.780. The number of piperazine rings is 1. The Morgan fingerprint density at radius 1 is 1.06 bits per heavy atom. The Morgan fingerprint density at radius 2 is 1.84 bits per heavy atom. The Balaban J connectivity index is 1.14. The first-order valence-electron chi connectivity index (χ1n) is 11.5. The highest BCUT2D eigenvalue weighted by Gasteiger charge is 2.57. The number of benzene rings is 1. The molecule has 1 aromatic heterocycles. The van der Waals surface area contributed by atoms with Crippen LogP contribution in [0.25, 0.3) is 0 Å². The standard InChI is InChI=1S/C24H27N5O3/c30-21-18-4-1-2-5-20(18)32-24(27-21)15-16-6-7-17(24)14-19(16)22(31)28-10-12-29(13-11-28)23-25-8-3-9-26-23/h1-5,8-9,16-17,19H,6-7,10-15H2,(H,27,30)/t16-,17+,19-,24+/m1/s1. The number of nitrogens with zero attached hydrogens (tertiary/aromatic N) is 4. The van der Waals surface area contributed by atoms with Gasteiger partial charge in [0.1, 0.15) is 5.75 Å². The maximum Gasteiger partial charge on any atom is 0.258 e. The Bertz CT molecular complexity index is 1040. The molecule has 1 N–H and O–H groups in total. The molecule has 0 radical (unpaired) electrons. The van der Waals surface area contributed by atoms with Gasteiger partial charge in [-0.3, -0.25) is 9.59 Å². The molecule has 7 rings (SSSR count). The van der Waals surface area contributed by atoms with E-state index in [2.05, 4.69) is 20.2 Å². The molecule has 0 unspecified atom stereocenters. The fourth-order valence-corrected chi connectivity index (χ4v) is 6.08. The highest BCUT2D eigenvalue weighted by Crippen LogP contribution is 2.52. The van der Waals surface area contributed by atoms with E-state index in [9.17, 15) is 9.59 Å². The summed E-state index contributed by atoms with van der Waals surface area (Å²) in [6, 6.07) is 9.23. The Kier molecular flexibility index (Phi) is 4.55. The van der Waals surface area contributed by atoms with Crippen LogP contribution in [0.5, 0.6) is 5.75 Å². The minimum atomic E-state index is -0.672. The van der Waals surface area contributed by atoms with Crippen LogP contribution in [0.15, 0.2) is 42.7 Å². The van der Waals surface area contributed by atoms with E-state index in [0.717, 1.165) is 38.3 Å². The van der Waals surface area contributed by atoms with Crippen molar-refractivity contribution in [2.45, 2.75) is 31.4 Å². The molecule has 1 spiro atoms. The second-order valence-corrected chi connectivity index (χ2v) is 9.38. The second-order valence-electron chi connectivity index (χ2n) is 9.38. The number of carbonyl (C=O) groups is 2. The number of aromatic nitrogens is 2. The highest BCUT2D eigenvalue weighted by atomic mass is 16.5. The fraction of sp³-hybridized carbons (Fsp3) is 0.500. The number of carbonyl (C=O) groups excluding carboxylic acids is 2. The first-order chi connectivity index (χ1) is 15.6. The average Bonchev–Trinajstić information content (AvgIpc) is 2.84. The molecular weight excluding hydrogens is 406 g/mol. The van der Waals surface area contributed by atoms with Crippen molar-refractivity contribution < 1.29 is 14.3 Å². The summed E-state index contributed by atoms with van der Waals surface area (Å²) in [7, 11) is 0. The van der Waals surface area contributed by atoms with Crippen molar-refractivity contribution >= 4 is 17.8 Å². The first-order valence-corrected chi connectivity index (χ1v) is 11.5. The molecule has 32 heavy (non-hydrogen) atoms. The van der Waals surface area contributed by atoms with Gasteiger partial charge in [0, 0.05) is 56.8 Å². The van der Waals surface area contributed by atoms with E-state index in [1.54, 1.807) is 18.5 Å². The lowest BCUT2D eigenvalue weighted by atomic mass is 9.59. The van der Waals surface area contributed by atoms with Gasteiger partial charge < -0.3 is 19.9 Å². The zero-order chi connectivity index (χ0) is 21.7. The lowest BCUT2D eigenvalue weighted by Gasteiger charge is -2.55. The summed E-state index contributed by atoms with van der Waals surface area (Å²) >= 11 is 0. The molecular formula is C24H27N5O3. The molecule has 4 fully saturated rings. The summed E-state index contributed by atoms with van der Waals surface area (Å²) in [5, 5.41) is 3.18. The Hall–Kier alpha value is -3.16. The predicted molar refractivity (Wildman–Crippen MR) is 117 cm³/mol. The molecule has 4 atom stereocenters. The summed E-state index contributed by atoms with van der Waals surface area (Å²) in [5.41, 5.74) is -0.0819. The van der Waals surface area contributed by atoms with Gasteiger partial charge in [-0.15, -0.1) is 0 Å². The van der Waals surface area contributed by atoms with Crippen LogP contribution in [0.1, 0.15) is 36.0 Å². The number of para-hydroxylation sites is 1. The van der Waals surface area contributed by atoms with E-state index in [-0.39, 0.29) is 29.6 Å². The molecule has 8 heteroatoms. The minimum Gasteiger partial charge on any atom is -0.467 e. The van der Waals surface area contributed by atoms with Crippen LogP contribution < -0.4 is 15.0 Å². The fourth-order valence-electron chi connectivity index (χ4n) is 6.08. The van der Waals surface area contributed by atoms with Crippen LogP contribution in [0.4, 0.5) is 5.95 Å². The van der Waals surface area contributed by atoms with Gasteiger partial charge in [-0.25, -0.2) is 9.97 Å². The number of ether oxygens (including phenoxy) is 1. The zero-order valence-corrected chi connectivity index (χ0v) is 17.9. The predicted octanol–water partition coefficient (Wildman–Crippen LogP) is 2.08. The molecule has 1 aromatic carbocycles. The summed E-state index contributed by atoms with van der Waals surface area (Å²) in [5.74, 6) is 1.96. The maximum atomic E-state index is 13.5. The number of hydrogen-bond acceptors (Lipinski definition) is 6. The molecule has 8 nitrogen and oxygen atoms in total. The van der Waals surface area contributed by atoms with Crippen molar-refractivity contribution in [3.05, 3.63) is 48.3 Å². The van der Waals surface area contributed by atoms with Gasteiger partial charge in [0.25, 0.3) is 5.91 Å².